The largest absolute Gasteiger partial charge is 0.513 e. The van der Waals surface area contributed by atoms with Crippen LogP contribution in [0.2, 0.25) is 0 Å². The van der Waals surface area contributed by atoms with Gasteiger partial charge in [0.25, 0.3) is 0 Å². The molecule has 0 fully saturated rings. The zero-order chi connectivity index (χ0) is 29.6. The van der Waals surface area contributed by atoms with Crippen LogP contribution in [0.4, 0.5) is 21.9 Å². The number of hydrogen-bond acceptors (Lipinski definition) is 6. The Balaban J connectivity index is 1.47. The first-order valence-electron chi connectivity index (χ1n) is 14.2. The fourth-order valence-electron chi connectivity index (χ4n) is 4.48. The molecule has 0 aliphatic carbocycles. The minimum absolute atomic E-state index is 0.204. The maximum Gasteiger partial charge on any atom is 0.513 e. The van der Waals surface area contributed by atoms with Gasteiger partial charge in [-0.2, -0.15) is 0 Å². The number of carbonyl (C=O) groups excluding carboxylic acids is 2. The normalized spacial score (nSPS) is 10.8. The minimum atomic E-state index is -0.738. The van der Waals surface area contributed by atoms with Crippen molar-refractivity contribution in [2.75, 3.05) is 18.6 Å². The molecular weight excluding hydrogens is 526 g/mol. The SMILES string of the molecule is COc1cccc(N(c2ccc(C=Cc3ccccc3)cc2)c2cccc(OC(=O)OCCCCCCC(C)=O)c2)c1. The topological polar surface area (TPSA) is 65.1 Å². The van der Waals surface area contributed by atoms with E-state index in [1.165, 1.54) is 0 Å². The van der Waals surface area contributed by atoms with E-state index in [1.807, 2.05) is 60.7 Å². The first-order chi connectivity index (χ1) is 20.5. The van der Waals surface area contributed by atoms with Gasteiger partial charge in [-0.25, -0.2) is 4.79 Å². The number of methoxy groups -OCH3 is 1. The van der Waals surface area contributed by atoms with Crippen LogP contribution in [0.1, 0.15) is 50.2 Å². The Hall–Kier alpha value is -4.84. The third-order valence-corrected chi connectivity index (χ3v) is 6.65. The second kappa shape index (κ2) is 15.8. The third kappa shape index (κ3) is 9.37. The summed E-state index contributed by atoms with van der Waals surface area (Å²) in [6.07, 6.45) is 7.46. The van der Waals surface area contributed by atoms with Crippen molar-refractivity contribution in [2.24, 2.45) is 0 Å². The van der Waals surface area contributed by atoms with E-state index in [9.17, 15) is 9.59 Å². The van der Waals surface area contributed by atoms with E-state index < -0.39 is 6.16 Å². The molecule has 42 heavy (non-hydrogen) atoms. The number of anilines is 3. The molecule has 4 rings (SSSR count). The van der Waals surface area contributed by atoms with E-state index in [-0.39, 0.29) is 12.4 Å². The van der Waals surface area contributed by atoms with Gasteiger partial charge in [0.2, 0.25) is 0 Å². The third-order valence-electron chi connectivity index (χ3n) is 6.65. The quantitative estimate of drug-likeness (QED) is 0.0659. The summed E-state index contributed by atoms with van der Waals surface area (Å²) in [5, 5.41) is 0. The minimum Gasteiger partial charge on any atom is -0.497 e. The molecule has 0 N–H and O–H groups in total. The van der Waals surface area contributed by atoms with Crippen LogP contribution >= 0.6 is 0 Å². The smallest absolute Gasteiger partial charge is 0.497 e. The van der Waals surface area contributed by atoms with Crippen molar-refractivity contribution < 1.29 is 23.8 Å². The summed E-state index contributed by atoms with van der Waals surface area (Å²) in [5.41, 5.74) is 4.86. The lowest BCUT2D eigenvalue weighted by atomic mass is 10.1. The molecule has 0 heterocycles. The first-order valence-corrected chi connectivity index (χ1v) is 14.2. The number of ether oxygens (including phenoxy) is 3. The number of hydrogen-bond donors (Lipinski definition) is 0. The Morgan fingerprint density at radius 3 is 1.95 bits per heavy atom. The second-order valence-corrected chi connectivity index (χ2v) is 9.94. The number of Topliss-reactive ketones (excluding diaryl/α,β-unsaturated/α-hetero) is 1. The van der Waals surface area contributed by atoms with Crippen LogP contribution in [0.25, 0.3) is 12.2 Å². The van der Waals surface area contributed by atoms with Gasteiger partial charge in [0, 0.05) is 35.6 Å². The van der Waals surface area contributed by atoms with Gasteiger partial charge in [-0.3, -0.25) is 0 Å². The van der Waals surface area contributed by atoms with Crippen LogP contribution in [-0.4, -0.2) is 25.7 Å². The molecule has 216 valence electrons. The molecule has 0 aliphatic heterocycles. The maximum atomic E-state index is 12.4. The Morgan fingerprint density at radius 1 is 0.667 bits per heavy atom. The van der Waals surface area contributed by atoms with Crippen molar-refractivity contribution in [1.82, 2.24) is 0 Å². The van der Waals surface area contributed by atoms with E-state index in [2.05, 4.69) is 53.5 Å². The summed E-state index contributed by atoms with van der Waals surface area (Å²) in [5.74, 6) is 1.32. The number of rotatable bonds is 14. The van der Waals surface area contributed by atoms with E-state index in [0.29, 0.717) is 12.2 Å². The fraction of sp³-hybridized carbons (Fsp3) is 0.222. The first kappa shape index (κ1) is 30.1. The highest BCUT2D eigenvalue weighted by Gasteiger charge is 2.15. The van der Waals surface area contributed by atoms with E-state index >= 15 is 0 Å². The molecule has 0 amide bonds. The van der Waals surface area contributed by atoms with Crippen LogP contribution in [0.3, 0.4) is 0 Å². The molecule has 0 bridgehead atoms. The lowest BCUT2D eigenvalue weighted by Crippen LogP contribution is -2.13. The van der Waals surface area contributed by atoms with Crippen LogP contribution in [0, 0.1) is 0 Å². The van der Waals surface area contributed by atoms with Gasteiger partial charge >= 0.3 is 6.16 Å². The second-order valence-electron chi connectivity index (χ2n) is 9.94. The average molecular weight is 564 g/mol. The molecule has 0 atom stereocenters. The van der Waals surface area contributed by atoms with Gasteiger partial charge in [0.05, 0.1) is 13.7 Å². The number of unbranched alkanes of at least 4 members (excludes halogenated alkanes) is 3. The molecule has 0 spiro atoms. The van der Waals surface area contributed by atoms with Crippen molar-refractivity contribution in [3.63, 3.8) is 0 Å². The Bertz CT molecular complexity index is 1460. The molecule has 6 heteroatoms. The lowest BCUT2D eigenvalue weighted by Gasteiger charge is -2.26. The van der Waals surface area contributed by atoms with Gasteiger partial charge in [-0.15, -0.1) is 0 Å². The van der Waals surface area contributed by atoms with Gasteiger partial charge in [-0.1, -0.05) is 79.6 Å². The number of nitrogens with zero attached hydrogens (tertiary/aromatic N) is 1. The lowest BCUT2D eigenvalue weighted by molar-refractivity contribution is -0.117. The molecule has 0 radical (unpaired) electrons. The highest BCUT2D eigenvalue weighted by molar-refractivity contribution is 5.79. The fourth-order valence-corrected chi connectivity index (χ4v) is 4.48. The number of ketones is 1. The van der Waals surface area contributed by atoms with Gasteiger partial charge < -0.3 is 23.9 Å². The van der Waals surface area contributed by atoms with Crippen LogP contribution in [-0.2, 0) is 9.53 Å². The zero-order valence-electron chi connectivity index (χ0n) is 24.2. The Morgan fingerprint density at radius 2 is 1.29 bits per heavy atom. The van der Waals surface area contributed by atoms with Crippen LogP contribution in [0.15, 0.2) is 103 Å². The zero-order valence-corrected chi connectivity index (χ0v) is 24.2. The Kier molecular flexibility index (Phi) is 11.3. The Labute approximate surface area is 248 Å². The molecule has 0 unspecified atom stereocenters. The average Bonchev–Trinajstić information content (AvgIpc) is 3.01. The number of carbonyl (C=O) groups is 2. The van der Waals surface area contributed by atoms with E-state index in [0.717, 1.165) is 59.6 Å². The molecular formula is C36H37NO5. The van der Waals surface area contributed by atoms with Gasteiger partial charge in [-0.05, 0) is 67.3 Å². The molecule has 4 aromatic rings. The molecule has 0 aliphatic rings. The summed E-state index contributed by atoms with van der Waals surface area (Å²) in [7, 11) is 1.64. The molecule has 0 saturated carbocycles. The van der Waals surface area contributed by atoms with Crippen molar-refractivity contribution in [3.05, 3.63) is 114 Å². The summed E-state index contributed by atoms with van der Waals surface area (Å²) < 4.78 is 16.3. The molecule has 0 saturated heterocycles. The summed E-state index contributed by atoms with van der Waals surface area (Å²) in [6.45, 7) is 1.88. The standard InChI is InChI=1S/C36H37NO5/c1-28(38)12-6-3-4-9-25-41-36(39)42-35-18-11-16-33(27-35)37(32-15-10-17-34(26-32)40-2)31-23-21-30(22-24-31)20-19-29-13-7-5-8-14-29/h5,7-8,10-11,13-24,26-27H,3-4,6,9,12,25H2,1-2H3. The van der Waals surface area contributed by atoms with E-state index in [4.69, 9.17) is 14.2 Å². The van der Waals surface area contributed by atoms with Crippen LogP contribution < -0.4 is 14.4 Å². The van der Waals surface area contributed by atoms with Crippen molar-refractivity contribution in [2.45, 2.75) is 39.0 Å². The monoisotopic (exact) mass is 563 g/mol. The van der Waals surface area contributed by atoms with Gasteiger partial charge in [0.15, 0.2) is 0 Å². The highest BCUT2D eigenvalue weighted by atomic mass is 16.7. The number of benzene rings is 4. The summed E-state index contributed by atoms with van der Waals surface area (Å²) >= 11 is 0. The van der Waals surface area contributed by atoms with E-state index in [1.54, 1.807) is 20.1 Å². The predicted molar refractivity (Wildman–Crippen MR) is 169 cm³/mol. The van der Waals surface area contributed by atoms with Gasteiger partial charge in [0.1, 0.15) is 17.3 Å². The molecule has 0 aromatic heterocycles. The molecule has 6 nitrogen and oxygen atoms in total. The highest BCUT2D eigenvalue weighted by Crippen LogP contribution is 2.37. The maximum absolute atomic E-state index is 12.4. The summed E-state index contributed by atoms with van der Waals surface area (Å²) in [6, 6.07) is 33.6. The van der Waals surface area contributed by atoms with Crippen LogP contribution in [0.5, 0.6) is 11.5 Å². The van der Waals surface area contributed by atoms with Crippen molar-refractivity contribution in [3.8, 4) is 11.5 Å². The van der Waals surface area contributed by atoms with Crippen molar-refractivity contribution in [1.29, 1.82) is 0 Å². The predicted octanol–water partition coefficient (Wildman–Crippen LogP) is 9.39. The summed E-state index contributed by atoms with van der Waals surface area (Å²) in [4.78, 5) is 25.5. The van der Waals surface area contributed by atoms with Crippen molar-refractivity contribution >= 4 is 41.2 Å². The molecule has 4 aromatic carbocycles.